The Morgan fingerprint density at radius 1 is 1.09 bits per heavy atom. The number of H-pyrrole nitrogens is 1. The van der Waals surface area contributed by atoms with Gasteiger partial charge in [0.1, 0.15) is 5.75 Å². The summed E-state index contributed by atoms with van der Waals surface area (Å²) in [6.07, 6.45) is -0.948. The highest BCUT2D eigenvalue weighted by Gasteiger charge is 2.33. The number of hydrogen-bond acceptors (Lipinski definition) is 4. The normalized spacial score (nSPS) is 18.5. The van der Waals surface area contributed by atoms with Crippen LogP contribution in [-0.4, -0.2) is 34.0 Å². The van der Waals surface area contributed by atoms with Gasteiger partial charge in [-0.15, -0.1) is 13.2 Å². The Bertz CT molecular complexity index is 1130. The molecule has 0 radical (unpaired) electrons. The molecule has 3 aromatic rings. The van der Waals surface area contributed by atoms with Crippen LogP contribution >= 0.6 is 0 Å². The first-order chi connectivity index (χ1) is 16.2. The van der Waals surface area contributed by atoms with E-state index in [0.717, 1.165) is 37.1 Å². The minimum Gasteiger partial charge on any atom is -0.405 e. The van der Waals surface area contributed by atoms with Crippen LogP contribution in [0.4, 0.5) is 13.2 Å². The first-order valence-electron chi connectivity index (χ1n) is 11.3. The molecule has 9 heteroatoms. The Kier molecular flexibility index (Phi) is 6.90. The average Bonchev–Trinajstić information content (AvgIpc) is 3.19. The molecule has 4 rings (SSSR count). The lowest BCUT2D eigenvalue weighted by Crippen LogP contribution is -2.31. The zero-order valence-electron chi connectivity index (χ0n) is 19.1. The molecule has 1 aromatic carbocycles. The lowest BCUT2D eigenvalue weighted by Gasteiger charge is -2.28. The summed E-state index contributed by atoms with van der Waals surface area (Å²) in [5, 5.41) is 11.4. The Balaban J connectivity index is 1.40. The van der Waals surface area contributed by atoms with E-state index in [1.165, 1.54) is 18.2 Å². The van der Waals surface area contributed by atoms with Crippen LogP contribution < -0.4 is 10.1 Å². The van der Waals surface area contributed by atoms with Crippen LogP contribution in [0.25, 0.3) is 11.3 Å². The van der Waals surface area contributed by atoms with Crippen molar-refractivity contribution in [2.24, 2.45) is 5.92 Å². The van der Waals surface area contributed by atoms with Gasteiger partial charge in [-0.1, -0.05) is 12.1 Å². The lowest BCUT2D eigenvalue weighted by molar-refractivity contribution is -0.274. The van der Waals surface area contributed by atoms with Gasteiger partial charge in [-0.3, -0.25) is 4.79 Å². The van der Waals surface area contributed by atoms with Crippen LogP contribution in [0, 0.1) is 19.8 Å². The molecule has 2 aromatic heterocycles. The fourth-order valence-corrected chi connectivity index (χ4v) is 4.49. The number of halogens is 3. The van der Waals surface area contributed by atoms with E-state index in [2.05, 4.69) is 25.2 Å². The molecule has 1 aliphatic carbocycles. The molecule has 2 heterocycles. The fraction of sp³-hybridized carbons (Fsp3) is 0.400. The Morgan fingerprint density at radius 2 is 1.82 bits per heavy atom. The molecular weight excluding hydrogens is 445 g/mol. The summed E-state index contributed by atoms with van der Waals surface area (Å²) in [7, 11) is 0. The number of nitrogens with one attached hydrogen (secondary N) is 2. The fourth-order valence-electron chi connectivity index (χ4n) is 4.49. The molecule has 0 atom stereocenters. The van der Waals surface area contributed by atoms with E-state index in [1.54, 1.807) is 19.1 Å². The number of hydrogen-bond donors (Lipinski definition) is 2. The minimum atomic E-state index is -4.83. The topological polar surface area (TPSA) is 79.9 Å². The maximum atomic E-state index is 13.0. The number of para-hydroxylation sites is 1. The number of aromatic nitrogens is 3. The van der Waals surface area contributed by atoms with Gasteiger partial charge in [0.05, 0.1) is 22.6 Å². The van der Waals surface area contributed by atoms with Crippen molar-refractivity contribution in [3.63, 3.8) is 0 Å². The third-order valence-corrected chi connectivity index (χ3v) is 6.21. The SMILES string of the molecule is Cc1ccc(C2CCC(CNC(=O)c3cc(C)[nH]c3-c3ccccc3OC(F)(F)F)CC2)nn1. The average molecular weight is 473 g/mol. The third-order valence-electron chi connectivity index (χ3n) is 6.21. The minimum absolute atomic E-state index is 0.179. The second-order valence-corrected chi connectivity index (χ2v) is 8.81. The number of carbonyl (C=O) groups is 1. The number of alkyl halides is 3. The predicted octanol–water partition coefficient (Wildman–Crippen LogP) is 5.69. The number of carbonyl (C=O) groups excluding carboxylic acids is 1. The van der Waals surface area contributed by atoms with Crippen molar-refractivity contribution in [2.45, 2.75) is 51.8 Å². The number of aryl methyl sites for hydroxylation is 2. The van der Waals surface area contributed by atoms with E-state index >= 15 is 0 Å². The largest absolute Gasteiger partial charge is 0.573 e. The highest BCUT2D eigenvalue weighted by Crippen LogP contribution is 2.36. The predicted molar refractivity (Wildman–Crippen MR) is 121 cm³/mol. The van der Waals surface area contributed by atoms with Gasteiger partial charge in [0.25, 0.3) is 5.91 Å². The van der Waals surface area contributed by atoms with Gasteiger partial charge < -0.3 is 15.0 Å². The number of aromatic amines is 1. The molecule has 0 aliphatic heterocycles. The Labute approximate surface area is 195 Å². The summed E-state index contributed by atoms with van der Waals surface area (Å²) >= 11 is 0. The first kappa shape index (κ1) is 23.8. The zero-order chi connectivity index (χ0) is 24.3. The van der Waals surface area contributed by atoms with Crippen molar-refractivity contribution in [1.29, 1.82) is 0 Å². The van der Waals surface area contributed by atoms with E-state index < -0.39 is 6.36 Å². The van der Waals surface area contributed by atoms with Gasteiger partial charge in [0, 0.05) is 23.7 Å². The highest BCUT2D eigenvalue weighted by molar-refractivity contribution is 6.01. The van der Waals surface area contributed by atoms with Gasteiger partial charge >= 0.3 is 6.36 Å². The standard InChI is InChI=1S/C25H27F3N4O2/c1-15-7-12-21(32-31-15)18-10-8-17(9-11-18)14-29-24(33)20-13-16(2)30-23(20)19-5-3-4-6-22(19)34-25(26,27)28/h3-7,12-13,17-18,30H,8-11,14H2,1-2H3,(H,29,33). The van der Waals surface area contributed by atoms with Crippen LogP contribution in [0.15, 0.2) is 42.5 Å². The first-order valence-corrected chi connectivity index (χ1v) is 11.3. The molecule has 180 valence electrons. The van der Waals surface area contributed by atoms with Gasteiger partial charge in [-0.05, 0) is 75.8 Å². The lowest BCUT2D eigenvalue weighted by atomic mass is 9.80. The smallest absolute Gasteiger partial charge is 0.405 e. The number of ether oxygens (including phenoxy) is 1. The summed E-state index contributed by atoms with van der Waals surface area (Å²) < 4.78 is 42.8. The van der Waals surface area contributed by atoms with Crippen molar-refractivity contribution in [3.05, 3.63) is 65.1 Å². The summed E-state index contributed by atoms with van der Waals surface area (Å²) in [5.41, 5.74) is 3.35. The molecular formula is C25H27F3N4O2. The van der Waals surface area contributed by atoms with E-state index in [-0.39, 0.29) is 17.2 Å². The van der Waals surface area contributed by atoms with Gasteiger partial charge in [0.15, 0.2) is 0 Å². The number of benzene rings is 1. The van der Waals surface area contributed by atoms with E-state index in [4.69, 9.17) is 0 Å². The molecule has 0 spiro atoms. The molecule has 1 aliphatic rings. The molecule has 0 saturated heterocycles. The van der Waals surface area contributed by atoms with Crippen LogP contribution in [-0.2, 0) is 0 Å². The molecule has 0 bridgehead atoms. The molecule has 6 nitrogen and oxygen atoms in total. The van der Waals surface area contributed by atoms with Crippen LogP contribution in [0.3, 0.4) is 0 Å². The monoisotopic (exact) mass is 472 g/mol. The molecule has 0 unspecified atom stereocenters. The second kappa shape index (κ2) is 9.87. The van der Waals surface area contributed by atoms with Crippen molar-refractivity contribution in [3.8, 4) is 17.0 Å². The summed E-state index contributed by atoms with van der Waals surface area (Å²) in [6.45, 7) is 4.17. The molecule has 1 amide bonds. The third kappa shape index (κ3) is 5.76. The van der Waals surface area contributed by atoms with Crippen molar-refractivity contribution >= 4 is 5.91 Å². The van der Waals surface area contributed by atoms with Gasteiger partial charge in [-0.2, -0.15) is 10.2 Å². The Morgan fingerprint density at radius 3 is 2.50 bits per heavy atom. The molecule has 2 N–H and O–H groups in total. The van der Waals surface area contributed by atoms with Crippen LogP contribution in [0.2, 0.25) is 0 Å². The second-order valence-electron chi connectivity index (χ2n) is 8.81. The summed E-state index contributed by atoms with van der Waals surface area (Å²) in [4.78, 5) is 16.0. The van der Waals surface area contributed by atoms with Crippen LogP contribution in [0.5, 0.6) is 5.75 Å². The van der Waals surface area contributed by atoms with Crippen LogP contribution in [0.1, 0.15) is 59.0 Å². The van der Waals surface area contributed by atoms with Crippen molar-refractivity contribution in [1.82, 2.24) is 20.5 Å². The summed E-state index contributed by atoms with van der Waals surface area (Å²) in [5.74, 6) is 0.0307. The Hall–Kier alpha value is -3.36. The van der Waals surface area contributed by atoms with E-state index in [9.17, 15) is 18.0 Å². The van der Waals surface area contributed by atoms with Crippen molar-refractivity contribution in [2.75, 3.05) is 6.54 Å². The van der Waals surface area contributed by atoms with E-state index in [1.807, 2.05) is 19.1 Å². The number of rotatable bonds is 6. The quantitative estimate of drug-likeness (QED) is 0.483. The maximum Gasteiger partial charge on any atom is 0.573 e. The summed E-state index contributed by atoms with van der Waals surface area (Å²) in [6, 6.07) is 11.4. The highest BCUT2D eigenvalue weighted by atomic mass is 19.4. The molecule has 1 saturated carbocycles. The van der Waals surface area contributed by atoms with E-state index in [0.29, 0.717) is 35.3 Å². The number of nitrogens with zero attached hydrogens (tertiary/aromatic N) is 2. The number of amides is 1. The van der Waals surface area contributed by atoms with Gasteiger partial charge in [-0.25, -0.2) is 0 Å². The zero-order valence-corrected chi connectivity index (χ0v) is 19.1. The molecule has 1 fully saturated rings. The molecule has 34 heavy (non-hydrogen) atoms. The van der Waals surface area contributed by atoms with Crippen molar-refractivity contribution < 1.29 is 22.7 Å². The van der Waals surface area contributed by atoms with Gasteiger partial charge in [0.2, 0.25) is 0 Å². The maximum absolute atomic E-state index is 13.0.